The van der Waals surface area contributed by atoms with Crippen molar-refractivity contribution in [3.63, 3.8) is 0 Å². The maximum absolute atomic E-state index is 11.8. The highest BCUT2D eigenvalue weighted by Crippen LogP contribution is 2.62. The average molecular weight is 197 g/mol. The average Bonchev–Trinajstić information content (AvgIpc) is 2.66. The smallest absolute Gasteiger partial charge is 0.228 e. The van der Waals surface area contributed by atoms with E-state index in [1.165, 1.54) is 0 Å². The lowest BCUT2D eigenvalue weighted by Crippen LogP contribution is -2.49. The predicted octanol–water partition coefficient (Wildman–Crippen LogP) is 0.920. The van der Waals surface area contributed by atoms with Gasteiger partial charge in [-0.3, -0.25) is 4.79 Å². The third-order valence-corrected chi connectivity index (χ3v) is 4.51. The van der Waals surface area contributed by atoms with Gasteiger partial charge in [-0.1, -0.05) is 13.8 Å². The molecule has 2 saturated carbocycles. The van der Waals surface area contributed by atoms with Crippen molar-refractivity contribution < 1.29 is 9.90 Å². The maximum atomic E-state index is 11.8. The van der Waals surface area contributed by atoms with Gasteiger partial charge in [-0.2, -0.15) is 0 Å². The first-order chi connectivity index (χ1) is 6.45. The van der Waals surface area contributed by atoms with Gasteiger partial charge in [-0.15, -0.1) is 0 Å². The summed E-state index contributed by atoms with van der Waals surface area (Å²) in [5, 5.41) is 12.9. The lowest BCUT2D eigenvalue weighted by molar-refractivity contribution is -0.140. The summed E-state index contributed by atoms with van der Waals surface area (Å²) in [6.45, 7) is 4.15. The number of aliphatic hydroxyl groups is 1. The van der Waals surface area contributed by atoms with Gasteiger partial charge in [0.25, 0.3) is 0 Å². The third-order valence-electron chi connectivity index (χ3n) is 4.51. The van der Waals surface area contributed by atoms with E-state index in [4.69, 9.17) is 0 Å². The van der Waals surface area contributed by atoms with Gasteiger partial charge in [0, 0.05) is 7.05 Å². The largest absolute Gasteiger partial charge is 0.391 e. The summed E-state index contributed by atoms with van der Waals surface area (Å²) in [6.07, 6.45) is 2.31. The van der Waals surface area contributed by atoms with Gasteiger partial charge in [-0.25, -0.2) is 0 Å². The van der Waals surface area contributed by atoms with E-state index in [0.29, 0.717) is 5.92 Å². The molecule has 2 fully saturated rings. The zero-order valence-corrected chi connectivity index (χ0v) is 9.13. The Morgan fingerprint density at radius 1 is 1.50 bits per heavy atom. The van der Waals surface area contributed by atoms with E-state index in [1.807, 2.05) is 0 Å². The Bertz CT molecular complexity index is 274. The summed E-state index contributed by atoms with van der Waals surface area (Å²) in [5.74, 6) is 0.535. The number of carbonyl (C=O) groups is 1. The second-order valence-electron chi connectivity index (χ2n) is 5.40. The van der Waals surface area contributed by atoms with Gasteiger partial charge < -0.3 is 10.4 Å². The quantitative estimate of drug-likeness (QED) is 0.656. The standard InChI is InChI=1S/C11H19NO2/c1-10(2)7-4-5-11(6-7,8(10)13)9(14)12-3/h7-8,13H,4-6H2,1-3H3,(H,12,14)/t7-,8-,11+/m1/s1. The van der Waals surface area contributed by atoms with Crippen LogP contribution in [0.3, 0.4) is 0 Å². The van der Waals surface area contributed by atoms with Crippen LogP contribution in [0.25, 0.3) is 0 Å². The number of hydrogen-bond acceptors (Lipinski definition) is 2. The molecule has 2 N–H and O–H groups in total. The third kappa shape index (κ3) is 0.937. The zero-order valence-electron chi connectivity index (χ0n) is 9.13. The number of hydrogen-bond donors (Lipinski definition) is 2. The summed E-state index contributed by atoms with van der Waals surface area (Å²) < 4.78 is 0. The van der Waals surface area contributed by atoms with Crippen LogP contribution >= 0.6 is 0 Å². The molecule has 14 heavy (non-hydrogen) atoms. The van der Waals surface area contributed by atoms with E-state index >= 15 is 0 Å². The van der Waals surface area contributed by atoms with Crippen molar-refractivity contribution in [2.45, 2.75) is 39.2 Å². The maximum Gasteiger partial charge on any atom is 0.228 e. The molecule has 0 saturated heterocycles. The van der Waals surface area contributed by atoms with Crippen molar-refractivity contribution in [3.05, 3.63) is 0 Å². The van der Waals surface area contributed by atoms with Crippen molar-refractivity contribution in [1.82, 2.24) is 5.32 Å². The zero-order chi connectivity index (χ0) is 10.6. The van der Waals surface area contributed by atoms with E-state index in [-0.39, 0.29) is 11.3 Å². The number of aliphatic hydroxyl groups excluding tert-OH is 1. The molecule has 3 atom stereocenters. The highest BCUT2D eigenvalue weighted by atomic mass is 16.3. The lowest BCUT2D eigenvalue weighted by Gasteiger charge is -2.39. The Labute approximate surface area is 84.9 Å². The van der Waals surface area contributed by atoms with Crippen LogP contribution in [0.4, 0.5) is 0 Å². The molecule has 0 aromatic heterocycles. The van der Waals surface area contributed by atoms with Crippen molar-refractivity contribution in [2.24, 2.45) is 16.7 Å². The summed E-state index contributed by atoms with van der Waals surface area (Å²) in [4.78, 5) is 11.8. The lowest BCUT2D eigenvalue weighted by atomic mass is 9.69. The molecule has 0 heterocycles. The van der Waals surface area contributed by atoms with Crippen LogP contribution in [0.15, 0.2) is 0 Å². The van der Waals surface area contributed by atoms with E-state index in [0.717, 1.165) is 19.3 Å². The van der Waals surface area contributed by atoms with E-state index in [1.54, 1.807) is 7.05 Å². The molecule has 2 aliphatic carbocycles. The van der Waals surface area contributed by atoms with Gasteiger partial charge in [0.2, 0.25) is 5.91 Å². The normalized spacial score (nSPS) is 44.0. The minimum Gasteiger partial charge on any atom is -0.391 e. The SMILES string of the molecule is CNC(=O)[C@@]12CC[C@H](C1)C(C)(C)[C@H]2O. The van der Waals surface area contributed by atoms with Gasteiger partial charge in [-0.05, 0) is 30.6 Å². The summed E-state index contributed by atoms with van der Waals surface area (Å²) in [7, 11) is 1.66. The highest BCUT2D eigenvalue weighted by Gasteiger charge is 2.64. The Kier molecular flexibility index (Phi) is 1.94. The molecule has 80 valence electrons. The number of carbonyl (C=O) groups excluding carboxylic acids is 1. The Morgan fingerprint density at radius 2 is 2.14 bits per heavy atom. The molecule has 0 aromatic rings. The molecular formula is C11H19NO2. The number of fused-ring (bicyclic) bond motifs is 2. The fourth-order valence-corrected chi connectivity index (χ4v) is 3.47. The Morgan fingerprint density at radius 3 is 2.57 bits per heavy atom. The van der Waals surface area contributed by atoms with Crippen LogP contribution in [0, 0.1) is 16.7 Å². The summed E-state index contributed by atoms with van der Waals surface area (Å²) >= 11 is 0. The predicted molar refractivity (Wildman–Crippen MR) is 53.6 cm³/mol. The molecule has 0 aromatic carbocycles. The Balaban J connectivity index is 2.35. The highest BCUT2D eigenvalue weighted by molar-refractivity contribution is 5.84. The first-order valence-electron chi connectivity index (χ1n) is 5.35. The van der Waals surface area contributed by atoms with Gasteiger partial charge in [0.15, 0.2) is 0 Å². The van der Waals surface area contributed by atoms with Crippen LogP contribution in [0.5, 0.6) is 0 Å². The van der Waals surface area contributed by atoms with E-state index < -0.39 is 11.5 Å². The Hall–Kier alpha value is -0.570. The summed E-state index contributed by atoms with van der Waals surface area (Å²) in [6, 6.07) is 0. The van der Waals surface area contributed by atoms with E-state index in [2.05, 4.69) is 19.2 Å². The molecule has 0 aliphatic heterocycles. The number of amides is 1. The molecule has 2 aliphatic rings. The molecule has 0 unspecified atom stereocenters. The first-order valence-corrected chi connectivity index (χ1v) is 5.35. The van der Waals surface area contributed by atoms with Gasteiger partial charge in [0.05, 0.1) is 11.5 Å². The van der Waals surface area contributed by atoms with Crippen molar-refractivity contribution in [2.75, 3.05) is 7.05 Å². The van der Waals surface area contributed by atoms with Crippen LogP contribution in [0.2, 0.25) is 0 Å². The minimum absolute atomic E-state index is 0.0260. The van der Waals surface area contributed by atoms with Crippen molar-refractivity contribution in [3.8, 4) is 0 Å². The van der Waals surface area contributed by atoms with Gasteiger partial charge in [0.1, 0.15) is 0 Å². The van der Waals surface area contributed by atoms with Crippen LogP contribution < -0.4 is 5.32 Å². The topological polar surface area (TPSA) is 49.3 Å². The molecule has 3 nitrogen and oxygen atoms in total. The minimum atomic E-state index is -0.483. The van der Waals surface area contributed by atoms with Crippen molar-refractivity contribution in [1.29, 1.82) is 0 Å². The van der Waals surface area contributed by atoms with E-state index in [9.17, 15) is 9.90 Å². The van der Waals surface area contributed by atoms with Crippen molar-refractivity contribution >= 4 is 5.91 Å². The second-order valence-corrected chi connectivity index (χ2v) is 5.40. The molecular weight excluding hydrogens is 178 g/mol. The van der Waals surface area contributed by atoms with Gasteiger partial charge >= 0.3 is 0 Å². The molecule has 3 heteroatoms. The van der Waals surface area contributed by atoms with Crippen LogP contribution in [0.1, 0.15) is 33.1 Å². The molecule has 2 bridgehead atoms. The first kappa shape index (κ1) is 9.97. The molecule has 2 rings (SSSR count). The molecule has 0 radical (unpaired) electrons. The van der Waals surface area contributed by atoms with Crippen LogP contribution in [-0.2, 0) is 4.79 Å². The van der Waals surface area contributed by atoms with Crippen LogP contribution in [-0.4, -0.2) is 24.2 Å². The number of nitrogens with one attached hydrogen (secondary N) is 1. The fourth-order valence-electron chi connectivity index (χ4n) is 3.47. The summed E-state index contributed by atoms with van der Waals surface area (Å²) in [5.41, 5.74) is -0.576. The number of rotatable bonds is 1. The fraction of sp³-hybridized carbons (Fsp3) is 0.909. The monoisotopic (exact) mass is 197 g/mol. The molecule has 1 amide bonds. The molecule has 0 spiro atoms. The second kappa shape index (κ2) is 2.72.